The van der Waals surface area contributed by atoms with Crippen molar-refractivity contribution < 1.29 is 10.2 Å². The van der Waals surface area contributed by atoms with Crippen LogP contribution in [0.15, 0.2) is 41.5 Å². The molecule has 0 aliphatic carbocycles. The fourth-order valence-electron chi connectivity index (χ4n) is 1.09. The average Bonchev–Trinajstić information content (AvgIpc) is 2.30. The van der Waals surface area contributed by atoms with E-state index in [1.165, 1.54) is 0 Å². The molecular formula is C12H16N2O2. The smallest absolute Gasteiger partial charge is 0.124 e. The Balaban J connectivity index is 2.32. The van der Waals surface area contributed by atoms with Crippen LogP contribution >= 0.6 is 0 Å². The summed E-state index contributed by atoms with van der Waals surface area (Å²) < 4.78 is 0. The van der Waals surface area contributed by atoms with E-state index in [1.807, 2.05) is 12.1 Å². The summed E-state index contributed by atoms with van der Waals surface area (Å²) in [5, 5.41) is 20.8. The molecule has 16 heavy (non-hydrogen) atoms. The molecule has 0 aromatic heterocycles. The Bertz CT molecular complexity index is 362. The van der Waals surface area contributed by atoms with Crippen LogP contribution < -0.4 is 5.32 Å². The molecule has 0 spiro atoms. The predicted octanol–water partition coefficient (Wildman–Crippen LogP) is 0.907. The van der Waals surface area contributed by atoms with Crippen molar-refractivity contribution in [3.63, 3.8) is 0 Å². The van der Waals surface area contributed by atoms with E-state index in [9.17, 15) is 5.11 Å². The fraction of sp³-hybridized carbons (Fsp3) is 0.250. The van der Waals surface area contributed by atoms with Gasteiger partial charge in [-0.2, -0.15) is 0 Å². The number of benzene rings is 1. The number of phenols is 1. The summed E-state index contributed by atoms with van der Waals surface area (Å²) in [6, 6.07) is 7.04. The Hall–Kier alpha value is -1.81. The van der Waals surface area contributed by atoms with Gasteiger partial charge in [-0.15, -0.1) is 0 Å². The number of aromatic hydroxyl groups is 1. The van der Waals surface area contributed by atoms with E-state index in [0.717, 1.165) is 0 Å². The molecule has 0 heterocycles. The zero-order chi connectivity index (χ0) is 11.6. The van der Waals surface area contributed by atoms with E-state index < -0.39 is 0 Å². The first kappa shape index (κ1) is 12.3. The molecule has 0 saturated heterocycles. The van der Waals surface area contributed by atoms with Gasteiger partial charge in [0.2, 0.25) is 0 Å². The summed E-state index contributed by atoms with van der Waals surface area (Å²) in [4.78, 5) is 4.13. The largest absolute Gasteiger partial charge is 0.507 e. The molecule has 0 bridgehead atoms. The molecule has 1 aromatic carbocycles. The molecule has 4 nitrogen and oxygen atoms in total. The number of hydrogen-bond acceptors (Lipinski definition) is 4. The number of hydrogen-bond donors (Lipinski definition) is 3. The highest BCUT2D eigenvalue weighted by atomic mass is 16.3. The van der Waals surface area contributed by atoms with E-state index in [4.69, 9.17) is 5.11 Å². The van der Waals surface area contributed by atoms with Crippen LogP contribution in [0.5, 0.6) is 5.75 Å². The van der Waals surface area contributed by atoms with Crippen molar-refractivity contribution >= 4 is 6.21 Å². The molecule has 0 fully saturated rings. The summed E-state index contributed by atoms with van der Waals surface area (Å²) in [5.74, 6) is 0.230. The molecule has 4 heteroatoms. The first-order chi connectivity index (χ1) is 7.84. The van der Waals surface area contributed by atoms with E-state index in [2.05, 4.69) is 10.3 Å². The molecule has 1 rings (SSSR count). The molecule has 0 aliphatic heterocycles. The summed E-state index contributed by atoms with van der Waals surface area (Å²) >= 11 is 0. The van der Waals surface area contributed by atoms with Crippen molar-refractivity contribution in [2.24, 2.45) is 4.99 Å². The number of para-hydroxylation sites is 1. The highest BCUT2D eigenvalue weighted by Gasteiger charge is 1.92. The molecule has 0 amide bonds. The van der Waals surface area contributed by atoms with Gasteiger partial charge in [0.15, 0.2) is 0 Å². The molecule has 0 unspecified atom stereocenters. The van der Waals surface area contributed by atoms with Crippen molar-refractivity contribution in [3.8, 4) is 5.75 Å². The lowest BCUT2D eigenvalue weighted by molar-refractivity contribution is 0.298. The van der Waals surface area contributed by atoms with Gasteiger partial charge in [-0.1, -0.05) is 12.1 Å². The molecule has 0 radical (unpaired) electrons. The van der Waals surface area contributed by atoms with Crippen LogP contribution in [0.1, 0.15) is 5.56 Å². The minimum absolute atomic E-state index is 0.117. The second-order valence-corrected chi connectivity index (χ2v) is 3.13. The lowest BCUT2D eigenvalue weighted by atomic mass is 10.2. The van der Waals surface area contributed by atoms with E-state index in [0.29, 0.717) is 18.7 Å². The summed E-state index contributed by atoms with van der Waals surface area (Å²) in [6.07, 6.45) is 5.22. The topological polar surface area (TPSA) is 64.8 Å². The van der Waals surface area contributed by atoms with Gasteiger partial charge in [-0.05, 0) is 24.4 Å². The first-order valence-electron chi connectivity index (χ1n) is 5.11. The molecule has 0 atom stereocenters. The van der Waals surface area contributed by atoms with Crippen LogP contribution in [-0.2, 0) is 0 Å². The number of rotatable bonds is 6. The zero-order valence-corrected chi connectivity index (χ0v) is 9.00. The van der Waals surface area contributed by atoms with Crippen LogP contribution in [0.4, 0.5) is 0 Å². The van der Waals surface area contributed by atoms with E-state index in [-0.39, 0.29) is 12.4 Å². The van der Waals surface area contributed by atoms with Crippen LogP contribution in [0, 0.1) is 0 Å². The van der Waals surface area contributed by atoms with Crippen molar-refractivity contribution in [1.29, 1.82) is 0 Å². The number of phenolic OH excluding ortho intramolecular Hbond substituents is 1. The van der Waals surface area contributed by atoms with Gasteiger partial charge in [-0.25, -0.2) is 0 Å². The van der Waals surface area contributed by atoms with E-state index in [1.54, 1.807) is 30.6 Å². The third-order valence-corrected chi connectivity index (χ3v) is 1.87. The highest BCUT2D eigenvalue weighted by Crippen LogP contribution is 2.12. The van der Waals surface area contributed by atoms with E-state index >= 15 is 0 Å². The summed E-state index contributed by atoms with van der Waals surface area (Å²) in [6.45, 7) is 1.19. The number of aliphatic hydroxyl groups excluding tert-OH is 1. The van der Waals surface area contributed by atoms with Crippen LogP contribution in [0.25, 0.3) is 0 Å². The number of aliphatic hydroxyl groups is 1. The normalized spacial score (nSPS) is 11.3. The van der Waals surface area contributed by atoms with Crippen molar-refractivity contribution in [3.05, 3.63) is 42.1 Å². The first-order valence-corrected chi connectivity index (χ1v) is 5.11. The third-order valence-electron chi connectivity index (χ3n) is 1.87. The van der Waals surface area contributed by atoms with Gasteiger partial charge in [0.05, 0.1) is 13.2 Å². The maximum atomic E-state index is 9.43. The Labute approximate surface area is 95.0 Å². The number of aliphatic imine (C=N–C) groups is 1. The lowest BCUT2D eigenvalue weighted by Gasteiger charge is -1.96. The van der Waals surface area contributed by atoms with Crippen LogP contribution in [-0.4, -0.2) is 36.1 Å². The minimum atomic E-state index is 0.117. The Kier molecular flexibility index (Phi) is 5.73. The Morgan fingerprint density at radius 1 is 1.31 bits per heavy atom. The van der Waals surface area contributed by atoms with Crippen molar-refractivity contribution in [1.82, 2.24) is 5.32 Å². The quantitative estimate of drug-likeness (QED) is 0.493. The molecule has 0 saturated carbocycles. The fourth-order valence-corrected chi connectivity index (χ4v) is 1.09. The molecule has 86 valence electrons. The monoisotopic (exact) mass is 220 g/mol. The van der Waals surface area contributed by atoms with Crippen LogP contribution in [0.2, 0.25) is 0 Å². The van der Waals surface area contributed by atoms with Crippen molar-refractivity contribution in [2.75, 3.05) is 19.7 Å². The number of nitrogens with zero attached hydrogens (tertiary/aromatic N) is 1. The Morgan fingerprint density at radius 2 is 2.12 bits per heavy atom. The third kappa shape index (κ3) is 4.61. The molecular weight excluding hydrogens is 204 g/mol. The maximum absolute atomic E-state index is 9.43. The second kappa shape index (κ2) is 7.48. The minimum Gasteiger partial charge on any atom is -0.507 e. The number of nitrogens with one attached hydrogen (secondary N) is 1. The van der Waals surface area contributed by atoms with Gasteiger partial charge < -0.3 is 15.5 Å². The highest BCUT2D eigenvalue weighted by molar-refractivity contribution is 5.83. The lowest BCUT2D eigenvalue weighted by Crippen LogP contribution is -2.10. The molecule has 1 aromatic rings. The molecule has 3 N–H and O–H groups in total. The van der Waals surface area contributed by atoms with Crippen LogP contribution in [0.3, 0.4) is 0 Å². The average molecular weight is 220 g/mol. The SMILES string of the molecule is OCCNC=CCN=Cc1ccccc1O. The predicted molar refractivity (Wildman–Crippen MR) is 64.8 cm³/mol. The second-order valence-electron chi connectivity index (χ2n) is 3.13. The van der Waals surface area contributed by atoms with Crippen molar-refractivity contribution in [2.45, 2.75) is 0 Å². The standard InChI is InChI=1S/C12H16N2O2/c15-9-8-13-6-3-7-14-10-11-4-1-2-5-12(11)16/h1-6,10,13,15-16H,7-9H2. The summed E-state index contributed by atoms with van der Waals surface area (Å²) in [7, 11) is 0. The molecule has 0 aliphatic rings. The van der Waals surface area contributed by atoms with Gasteiger partial charge in [0, 0.05) is 18.3 Å². The van der Waals surface area contributed by atoms with Gasteiger partial charge in [0.1, 0.15) is 5.75 Å². The Morgan fingerprint density at radius 3 is 2.88 bits per heavy atom. The summed E-state index contributed by atoms with van der Waals surface area (Å²) in [5.41, 5.74) is 0.708. The van der Waals surface area contributed by atoms with Gasteiger partial charge >= 0.3 is 0 Å². The zero-order valence-electron chi connectivity index (χ0n) is 9.00. The maximum Gasteiger partial charge on any atom is 0.124 e. The van der Waals surface area contributed by atoms with Gasteiger partial charge in [0.25, 0.3) is 0 Å². The van der Waals surface area contributed by atoms with Gasteiger partial charge in [-0.3, -0.25) is 4.99 Å².